The number of rotatable bonds is 4. The molecule has 1 saturated carbocycles. The van der Waals surface area contributed by atoms with Crippen molar-refractivity contribution in [2.24, 2.45) is 0 Å². The van der Waals surface area contributed by atoms with Crippen LogP contribution in [0.15, 0.2) is 30.3 Å². The van der Waals surface area contributed by atoms with Crippen LogP contribution in [0, 0.1) is 0 Å². The van der Waals surface area contributed by atoms with Gasteiger partial charge in [-0.2, -0.15) is 0 Å². The smallest absolute Gasteiger partial charge is 0.0479 e. The van der Waals surface area contributed by atoms with Crippen molar-refractivity contribution >= 4 is 0 Å². The molecule has 1 aromatic carbocycles. The van der Waals surface area contributed by atoms with Gasteiger partial charge in [-0.25, -0.2) is 0 Å². The second-order valence-electron chi connectivity index (χ2n) is 7.28. The molecule has 1 saturated heterocycles. The van der Waals surface area contributed by atoms with Crippen molar-refractivity contribution in [2.75, 3.05) is 13.1 Å². The van der Waals surface area contributed by atoms with Crippen LogP contribution in [0.2, 0.25) is 0 Å². The molecule has 1 aromatic rings. The molecule has 1 heterocycles. The van der Waals surface area contributed by atoms with E-state index >= 15 is 0 Å². The lowest BCUT2D eigenvalue weighted by molar-refractivity contribution is -0.0613. The molecule has 0 amide bonds. The monoisotopic (exact) mass is 286 g/mol. The molecule has 0 aromatic heterocycles. The van der Waals surface area contributed by atoms with Crippen molar-refractivity contribution in [3.8, 4) is 0 Å². The maximum Gasteiger partial charge on any atom is 0.0479 e. The molecule has 2 heteroatoms. The maximum atomic E-state index is 3.83. The van der Waals surface area contributed by atoms with E-state index in [4.69, 9.17) is 0 Å². The van der Waals surface area contributed by atoms with E-state index in [9.17, 15) is 0 Å². The highest BCUT2D eigenvalue weighted by Gasteiger charge is 2.48. The molecule has 21 heavy (non-hydrogen) atoms. The Morgan fingerprint density at radius 1 is 1.14 bits per heavy atom. The average Bonchev–Trinajstić information content (AvgIpc) is 2.48. The molecular formula is C19H30N2. The topological polar surface area (TPSA) is 15.3 Å². The summed E-state index contributed by atoms with van der Waals surface area (Å²) >= 11 is 0. The second-order valence-corrected chi connectivity index (χ2v) is 7.28. The molecule has 2 unspecified atom stereocenters. The van der Waals surface area contributed by atoms with Crippen LogP contribution >= 0.6 is 0 Å². The highest BCUT2D eigenvalue weighted by atomic mass is 15.3. The van der Waals surface area contributed by atoms with Crippen LogP contribution in [0.4, 0.5) is 0 Å². The minimum Gasteiger partial charge on any atom is -0.308 e. The summed E-state index contributed by atoms with van der Waals surface area (Å²) in [6.07, 6.45) is 6.66. The van der Waals surface area contributed by atoms with Gasteiger partial charge in [0.25, 0.3) is 0 Å². The quantitative estimate of drug-likeness (QED) is 0.895. The van der Waals surface area contributed by atoms with Crippen LogP contribution in [-0.4, -0.2) is 29.1 Å². The normalized spacial score (nSPS) is 32.6. The number of nitrogens with zero attached hydrogens (tertiary/aromatic N) is 1. The van der Waals surface area contributed by atoms with Gasteiger partial charge in [0.15, 0.2) is 0 Å². The first-order chi connectivity index (χ1) is 10.1. The largest absolute Gasteiger partial charge is 0.308 e. The van der Waals surface area contributed by atoms with Gasteiger partial charge < -0.3 is 5.32 Å². The Kier molecular flexibility index (Phi) is 4.11. The van der Waals surface area contributed by atoms with Crippen molar-refractivity contribution in [2.45, 2.75) is 70.0 Å². The minimum absolute atomic E-state index is 0.267. The van der Waals surface area contributed by atoms with Crippen LogP contribution in [0.25, 0.3) is 0 Å². The fourth-order valence-electron chi connectivity index (χ4n) is 4.13. The Bertz CT molecular complexity index is 460. The van der Waals surface area contributed by atoms with E-state index in [2.05, 4.69) is 61.3 Å². The van der Waals surface area contributed by atoms with Crippen LogP contribution in [-0.2, 0) is 0 Å². The van der Waals surface area contributed by atoms with E-state index < -0.39 is 0 Å². The van der Waals surface area contributed by atoms with Gasteiger partial charge in [0, 0.05) is 30.2 Å². The zero-order valence-electron chi connectivity index (χ0n) is 13.9. The molecule has 2 fully saturated rings. The van der Waals surface area contributed by atoms with E-state index in [1.807, 2.05) is 0 Å². The van der Waals surface area contributed by atoms with Gasteiger partial charge in [-0.3, -0.25) is 4.90 Å². The molecular weight excluding hydrogens is 256 g/mol. The molecule has 1 N–H and O–H groups in total. The van der Waals surface area contributed by atoms with Crippen molar-refractivity contribution < 1.29 is 0 Å². The molecule has 1 aliphatic carbocycles. The zero-order chi connectivity index (χ0) is 14.9. The van der Waals surface area contributed by atoms with Gasteiger partial charge in [0.2, 0.25) is 0 Å². The predicted octanol–water partition coefficient (Wildman–Crippen LogP) is 4.13. The third-order valence-corrected chi connectivity index (χ3v) is 6.13. The Morgan fingerprint density at radius 3 is 2.38 bits per heavy atom. The van der Waals surface area contributed by atoms with E-state index in [-0.39, 0.29) is 5.54 Å². The van der Waals surface area contributed by atoms with Crippen LogP contribution in [0.3, 0.4) is 0 Å². The van der Waals surface area contributed by atoms with Gasteiger partial charge in [0.05, 0.1) is 0 Å². The second kappa shape index (κ2) is 5.73. The fourth-order valence-corrected chi connectivity index (χ4v) is 4.13. The van der Waals surface area contributed by atoms with E-state index in [1.165, 1.54) is 44.2 Å². The summed E-state index contributed by atoms with van der Waals surface area (Å²) in [6, 6.07) is 11.6. The average molecular weight is 286 g/mol. The SMILES string of the molecule is CCC1(C)CN(C2(CC)CCC2)C(c2ccccc2)CN1. The number of nitrogens with one attached hydrogen (secondary N) is 1. The fraction of sp³-hybridized carbons (Fsp3) is 0.684. The highest BCUT2D eigenvalue weighted by molar-refractivity contribution is 5.22. The van der Waals surface area contributed by atoms with Gasteiger partial charge in [-0.05, 0) is 44.6 Å². The predicted molar refractivity (Wildman–Crippen MR) is 89.5 cm³/mol. The third kappa shape index (κ3) is 2.64. The standard InChI is InChI=1S/C19H30N2/c1-4-18(3)15-21(19(5-2)12-9-13-19)17(14-20-18)16-10-7-6-8-11-16/h6-8,10-11,17,20H,4-5,9,12-15H2,1-3H3. The summed E-state index contributed by atoms with van der Waals surface area (Å²) in [5, 5.41) is 3.83. The molecule has 0 spiro atoms. The number of hydrogen-bond acceptors (Lipinski definition) is 2. The number of hydrogen-bond donors (Lipinski definition) is 1. The van der Waals surface area contributed by atoms with Gasteiger partial charge >= 0.3 is 0 Å². The Balaban J connectivity index is 1.91. The molecule has 2 nitrogen and oxygen atoms in total. The lowest BCUT2D eigenvalue weighted by atomic mass is 9.71. The first-order valence-corrected chi connectivity index (χ1v) is 8.69. The molecule has 0 radical (unpaired) electrons. The van der Waals surface area contributed by atoms with E-state index in [0.29, 0.717) is 11.6 Å². The maximum absolute atomic E-state index is 3.83. The number of benzene rings is 1. The van der Waals surface area contributed by atoms with Gasteiger partial charge in [-0.1, -0.05) is 44.2 Å². The highest BCUT2D eigenvalue weighted by Crippen LogP contribution is 2.46. The minimum atomic E-state index is 0.267. The third-order valence-electron chi connectivity index (χ3n) is 6.13. The molecule has 2 aliphatic rings. The van der Waals surface area contributed by atoms with E-state index in [0.717, 1.165) is 6.54 Å². The summed E-state index contributed by atoms with van der Waals surface area (Å²) in [6.45, 7) is 9.34. The molecule has 1 aliphatic heterocycles. The van der Waals surface area contributed by atoms with Gasteiger partial charge in [0.1, 0.15) is 0 Å². The van der Waals surface area contributed by atoms with Crippen LogP contribution < -0.4 is 5.32 Å². The molecule has 0 bridgehead atoms. The van der Waals surface area contributed by atoms with E-state index in [1.54, 1.807) is 0 Å². The summed E-state index contributed by atoms with van der Waals surface area (Å²) < 4.78 is 0. The molecule has 116 valence electrons. The van der Waals surface area contributed by atoms with Crippen molar-refractivity contribution in [3.05, 3.63) is 35.9 Å². The van der Waals surface area contributed by atoms with Crippen LogP contribution in [0.1, 0.15) is 64.5 Å². The van der Waals surface area contributed by atoms with Crippen molar-refractivity contribution in [3.63, 3.8) is 0 Å². The summed E-state index contributed by atoms with van der Waals surface area (Å²) in [5.74, 6) is 0. The number of piperazine rings is 1. The summed E-state index contributed by atoms with van der Waals surface area (Å²) in [7, 11) is 0. The Morgan fingerprint density at radius 2 is 1.86 bits per heavy atom. The summed E-state index contributed by atoms with van der Waals surface area (Å²) in [4.78, 5) is 2.85. The van der Waals surface area contributed by atoms with Crippen LogP contribution in [0.5, 0.6) is 0 Å². The summed E-state index contributed by atoms with van der Waals surface area (Å²) in [5.41, 5.74) is 2.20. The van der Waals surface area contributed by atoms with Gasteiger partial charge in [-0.15, -0.1) is 0 Å². The molecule has 3 rings (SSSR count). The van der Waals surface area contributed by atoms with Crippen molar-refractivity contribution in [1.29, 1.82) is 0 Å². The zero-order valence-corrected chi connectivity index (χ0v) is 13.9. The molecule has 2 atom stereocenters. The first kappa shape index (κ1) is 15.1. The Labute approximate surface area is 129 Å². The lowest BCUT2D eigenvalue weighted by Gasteiger charge is -2.58. The first-order valence-electron chi connectivity index (χ1n) is 8.69. The Hall–Kier alpha value is -0.860. The lowest BCUT2D eigenvalue weighted by Crippen LogP contribution is -2.67. The van der Waals surface area contributed by atoms with Crippen molar-refractivity contribution in [1.82, 2.24) is 10.2 Å².